The van der Waals surface area contributed by atoms with Crippen molar-refractivity contribution in [2.75, 3.05) is 27.4 Å². The quantitative estimate of drug-likeness (QED) is 0.353. The summed E-state index contributed by atoms with van der Waals surface area (Å²) in [6.45, 7) is 5.78. The first-order valence-corrected chi connectivity index (χ1v) is 10.1. The zero-order valence-corrected chi connectivity index (χ0v) is 16.4. The van der Waals surface area contributed by atoms with Gasteiger partial charge >= 0.3 is 141 Å². The molecule has 0 spiro atoms. The molecule has 0 rings (SSSR count). The molecule has 0 aromatic rings. The molecule has 0 fully saturated rings. The Balaban J connectivity index is 4.91. The first-order chi connectivity index (χ1) is 10.3. The van der Waals surface area contributed by atoms with Crippen molar-refractivity contribution in [2.24, 2.45) is 0 Å². The fraction of sp³-hybridized carbons (Fsp3) is 0.667. The van der Waals surface area contributed by atoms with E-state index in [2.05, 4.69) is 25.3 Å². The van der Waals surface area contributed by atoms with Gasteiger partial charge in [-0.3, -0.25) is 0 Å². The molecule has 0 bridgehead atoms. The Labute approximate surface area is 141 Å². The van der Waals surface area contributed by atoms with E-state index in [0.29, 0.717) is 13.2 Å². The predicted molar refractivity (Wildman–Crippen MR) is 91.7 cm³/mol. The van der Waals surface area contributed by atoms with E-state index in [1.807, 2.05) is 12.2 Å². The normalized spacial score (nSPS) is 9.71. The first kappa shape index (κ1) is 20.7. The zero-order chi connectivity index (χ0) is 15.8. The fourth-order valence-corrected chi connectivity index (χ4v) is 4.67. The standard InChI is InChI=1S/C18H30O2Te/c1-5-7-11-17(13-9-15-19-3)21-18(12-8-6-2)14-10-16-20-4/h9-10H,5-8,11-12,15-16H2,1-4H3. The molecule has 0 saturated carbocycles. The van der Waals surface area contributed by atoms with Gasteiger partial charge in [0.2, 0.25) is 0 Å². The Bertz CT molecular complexity index is 337. The summed E-state index contributed by atoms with van der Waals surface area (Å²) in [4.78, 5) is 0. The molecule has 0 aromatic carbocycles. The van der Waals surface area contributed by atoms with Gasteiger partial charge < -0.3 is 0 Å². The van der Waals surface area contributed by atoms with Crippen LogP contribution in [0.1, 0.15) is 52.4 Å². The van der Waals surface area contributed by atoms with E-state index in [1.54, 1.807) is 14.2 Å². The summed E-state index contributed by atoms with van der Waals surface area (Å²) in [5.41, 5.74) is 6.94. The van der Waals surface area contributed by atoms with Crippen LogP contribution in [0.2, 0.25) is 0 Å². The van der Waals surface area contributed by atoms with Crippen LogP contribution in [0.5, 0.6) is 0 Å². The van der Waals surface area contributed by atoms with Gasteiger partial charge in [-0.15, -0.1) is 0 Å². The molecule has 3 heteroatoms. The Morgan fingerprint density at radius 2 is 1.29 bits per heavy atom. The number of unbranched alkanes of at least 4 members (excludes halogenated alkanes) is 2. The van der Waals surface area contributed by atoms with Crippen molar-refractivity contribution in [3.63, 3.8) is 0 Å². The van der Waals surface area contributed by atoms with Crippen LogP contribution in [0.4, 0.5) is 0 Å². The molecule has 0 saturated heterocycles. The van der Waals surface area contributed by atoms with Crippen LogP contribution in [0.3, 0.4) is 0 Å². The van der Waals surface area contributed by atoms with Crippen molar-refractivity contribution in [3.05, 3.63) is 30.9 Å². The van der Waals surface area contributed by atoms with Crippen LogP contribution >= 0.6 is 0 Å². The Morgan fingerprint density at radius 3 is 1.62 bits per heavy atom. The van der Waals surface area contributed by atoms with Gasteiger partial charge in [0, 0.05) is 0 Å². The van der Waals surface area contributed by atoms with Crippen LogP contribution in [-0.2, 0) is 9.47 Å². The topological polar surface area (TPSA) is 18.5 Å². The maximum atomic E-state index is 5.08. The molecule has 0 atom stereocenters. The number of methoxy groups -OCH3 is 2. The number of ether oxygens (including phenoxy) is 2. The number of rotatable bonds is 12. The van der Waals surface area contributed by atoms with E-state index in [1.165, 1.54) is 45.8 Å². The fourth-order valence-electron chi connectivity index (χ4n) is 1.61. The number of hydrogen-bond acceptors (Lipinski definition) is 2. The summed E-state index contributed by atoms with van der Waals surface area (Å²) < 4.78 is 13.1. The Hall–Kier alpha value is -0.250. The van der Waals surface area contributed by atoms with Crippen molar-refractivity contribution in [1.82, 2.24) is 0 Å². The first-order valence-electron chi connectivity index (χ1n) is 7.82. The molecule has 21 heavy (non-hydrogen) atoms. The summed E-state index contributed by atoms with van der Waals surface area (Å²) in [7, 11) is 3.45. The molecular weight excluding hydrogens is 376 g/mol. The van der Waals surface area contributed by atoms with Crippen molar-refractivity contribution < 1.29 is 9.47 Å². The molecule has 0 radical (unpaired) electrons. The Morgan fingerprint density at radius 1 is 0.857 bits per heavy atom. The van der Waals surface area contributed by atoms with Crippen molar-refractivity contribution in [1.29, 1.82) is 0 Å². The molecule has 0 amide bonds. The third kappa shape index (κ3) is 13.2. The molecular formula is C18H30O2Te. The Kier molecular flexibility index (Phi) is 15.9. The van der Waals surface area contributed by atoms with E-state index in [4.69, 9.17) is 9.47 Å². The van der Waals surface area contributed by atoms with Crippen molar-refractivity contribution in [2.45, 2.75) is 52.4 Å². The van der Waals surface area contributed by atoms with E-state index < -0.39 is 0 Å². The van der Waals surface area contributed by atoms with Crippen molar-refractivity contribution >= 4 is 20.9 Å². The second-order valence-corrected chi connectivity index (χ2v) is 8.16. The van der Waals surface area contributed by atoms with E-state index in [-0.39, 0.29) is 20.9 Å². The third-order valence-electron chi connectivity index (χ3n) is 2.79. The summed E-state index contributed by atoms with van der Waals surface area (Å²) in [6.07, 6.45) is 11.3. The average molecular weight is 406 g/mol. The van der Waals surface area contributed by atoms with Gasteiger partial charge in [-0.2, -0.15) is 0 Å². The van der Waals surface area contributed by atoms with E-state index in [0.717, 1.165) is 0 Å². The van der Waals surface area contributed by atoms with Gasteiger partial charge in [0.25, 0.3) is 0 Å². The predicted octanol–water partition coefficient (Wildman–Crippen LogP) is 4.44. The van der Waals surface area contributed by atoms with Crippen LogP contribution < -0.4 is 0 Å². The van der Waals surface area contributed by atoms with Crippen LogP contribution in [0, 0.1) is 0 Å². The van der Waals surface area contributed by atoms with Gasteiger partial charge in [0.05, 0.1) is 0 Å². The molecule has 0 unspecified atom stereocenters. The molecule has 0 aromatic heterocycles. The average Bonchev–Trinajstić information content (AvgIpc) is 2.50. The third-order valence-corrected chi connectivity index (χ3v) is 6.03. The summed E-state index contributed by atoms with van der Waals surface area (Å²) in [5, 5.41) is 0. The van der Waals surface area contributed by atoms with Crippen LogP contribution in [0.25, 0.3) is 0 Å². The van der Waals surface area contributed by atoms with Crippen LogP contribution in [-0.4, -0.2) is 48.4 Å². The van der Waals surface area contributed by atoms with Gasteiger partial charge in [0.1, 0.15) is 0 Å². The molecule has 0 aliphatic carbocycles. The zero-order valence-electron chi connectivity index (χ0n) is 14.0. The molecule has 0 aliphatic heterocycles. The SMILES string of the molecule is CCCCC(=C=CCOC)[Te]C(=C=CCOC)CCCC. The maximum absolute atomic E-state index is 5.08. The minimum atomic E-state index is -0.331. The monoisotopic (exact) mass is 408 g/mol. The van der Waals surface area contributed by atoms with Gasteiger partial charge in [0.15, 0.2) is 0 Å². The van der Waals surface area contributed by atoms with E-state index in [9.17, 15) is 0 Å². The molecule has 0 aliphatic rings. The van der Waals surface area contributed by atoms with Gasteiger partial charge in [-0.05, 0) is 0 Å². The summed E-state index contributed by atoms with van der Waals surface area (Å²) >= 11 is -0.331. The second kappa shape index (κ2) is 16.1. The minimum absolute atomic E-state index is 0.331. The van der Waals surface area contributed by atoms with E-state index >= 15 is 0 Å². The molecule has 0 heterocycles. The summed E-state index contributed by atoms with van der Waals surface area (Å²) in [6, 6.07) is 0. The summed E-state index contributed by atoms with van der Waals surface area (Å²) in [5.74, 6) is 0. The van der Waals surface area contributed by atoms with Gasteiger partial charge in [-0.1, -0.05) is 0 Å². The van der Waals surface area contributed by atoms with Gasteiger partial charge in [-0.25, -0.2) is 0 Å². The molecule has 120 valence electrons. The van der Waals surface area contributed by atoms with Crippen LogP contribution in [0.15, 0.2) is 30.9 Å². The molecule has 2 nitrogen and oxygen atoms in total. The molecule has 0 N–H and O–H groups in total. The second-order valence-electron chi connectivity index (χ2n) is 4.76. The van der Waals surface area contributed by atoms with Crippen molar-refractivity contribution in [3.8, 4) is 0 Å². The number of hydrogen-bond donors (Lipinski definition) is 0.